The molecule has 0 saturated carbocycles. The van der Waals surface area contributed by atoms with E-state index in [2.05, 4.69) is 25.7 Å². The van der Waals surface area contributed by atoms with Gasteiger partial charge in [0.25, 0.3) is 0 Å². The van der Waals surface area contributed by atoms with Crippen LogP contribution in [0.2, 0.25) is 0 Å². The number of hydrogen-bond donors (Lipinski definition) is 0. The van der Waals surface area contributed by atoms with E-state index in [-0.39, 0.29) is 6.10 Å². The van der Waals surface area contributed by atoms with Gasteiger partial charge in [0, 0.05) is 18.0 Å². The number of hydrogen-bond acceptors (Lipinski definition) is 7. The Bertz CT molecular complexity index is 810. The lowest BCUT2D eigenvalue weighted by molar-refractivity contribution is 0.0698. The Morgan fingerprint density at radius 3 is 2.70 bits per heavy atom. The first-order chi connectivity index (χ1) is 11.1. The van der Waals surface area contributed by atoms with Crippen molar-refractivity contribution in [1.82, 2.24) is 25.2 Å². The molecule has 118 valence electrons. The van der Waals surface area contributed by atoms with Crippen molar-refractivity contribution < 1.29 is 4.84 Å². The predicted octanol–water partition coefficient (Wildman–Crippen LogP) is 2.51. The number of rotatable bonds is 5. The number of thiazole rings is 1. The summed E-state index contributed by atoms with van der Waals surface area (Å²) in [6.45, 7) is 3.88. The molecule has 1 atom stereocenters. The maximum atomic E-state index is 5.66. The molecule has 0 fully saturated rings. The second kappa shape index (κ2) is 6.66. The van der Waals surface area contributed by atoms with Gasteiger partial charge in [-0.05, 0) is 24.3 Å². The van der Waals surface area contributed by atoms with Crippen LogP contribution in [0.5, 0.6) is 0 Å². The van der Waals surface area contributed by atoms with Crippen molar-refractivity contribution in [3.8, 4) is 0 Å². The molecule has 0 amide bonds. The summed E-state index contributed by atoms with van der Waals surface area (Å²) in [7, 11) is 1.76. The summed E-state index contributed by atoms with van der Waals surface area (Å²) in [6, 6.07) is 9.68. The molecule has 0 saturated heterocycles. The fourth-order valence-electron chi connectivity index (χ4n) is 2.00. The van der Waals surface area contributed by atoms with Crippen LogP contribution in [0.4, 0.5) is 0 Å². The largest absolute Gasteiger partial charge is 0.386 e. The molecule has 0 aliphatic rings. The summed E-state index contributed by atoms with van der Waals surface area (Å²) in [4.78, 5) is 10.1. The van der Waals surface area contributed by atoms with Crippen LogP contribution in [0.25, 0.3) is 0 Å². The van der Waals surface area contributed by atoms with Crippen LogP contribution in [0.3, 0.4) is 0 Å². The topological polar surface area (TPSA) is 78.1 Å². The van der Waals surface area contributed by atoms with Crippen molar-refractivity contribution >= 4 is 17.0 Å². The highest BCUT2D eigenvalue weighted by molar-refractivity contribution is 7.09. The first-order valence-electron chi connectivity index (χ1n) is 7.09. The van der Waals surface area contributed by atoms with Gasteiger partial charge in [0.1, 0.15) is 0 Å². The van der Waals surface area contributed by atoms with Gasteiger partial charge in [-0.25, -0.2) is 9.67 Å². The van der Waals surface area contributed by atoms with Crippen molar-refractivity contribution in [1.29, 1.82) is 0 Å². The van der Waals surface area contributed by atoms with Gasteiger partial charge >= 0.3 is 0 Å². The first-order valence-corrected chi connectivity index (χ1v) is 7.97. The Kier molecular flexibility index (Phi) is 4.42. The molecule has 0 spiro atoms. The van der Waals surface area contributed by atoms with E-state index < -0.39 is 0 Å². The van der Waals surface area contributed by atoms with E-state index in [1.54, 1.807) is 23.1 Å². The molecule has 8 heteroatoms. The highest BCUT2D eigenvalue weighted by Crippen LogP contribution is 2.20. The van der Waals surface area contributed by atoms with Gasteiger partial charge in [0.15, 0.2) is 11.8 Å². The highest BCUT2D eigenvalue weighted by atomic mass is 32.1. The van der Waals surface area contributed by atoms with Gasteiger partial charge in [0.05, 0.1) is 10.7 Å². The summed E-state index contributed by atoms with van der Waals surface area (Å²) < 4.78 is 1.56. The molecule has 0 bridgehead atoms. The Morgan fingerprint density at radius 2 is 2.09 bits per heavy atom. The summed E-state index contributed by atoms with van der Waals surface area (Å²) >= 11 is 1.59. The van der Waals surface area contributed by atoms with Gasteiger partial charge in [-0.2, -0.15) is 0 Å². The number of benzene rings is 1. The van der Waals surface area contributed by atoms with Gasteiger partial charge in [0.2, 0.25) is 5.82 Å². The molecule has 7 nitrogen and oxygen atoms in total. The number of aryl methyl sites for hydroxylation is 2. The van der Waals surface area contributed by atoms with Crippen LogP contribution in [-0.2, 0) is 11.9 Å². The van der Waals surface area contributed by atoms with Crippen LogP contribution in [0, 0.1) is 6.92 Å². The molecule has 0 aliphatic heterocycles. The van der Waals surface area contributed by atoms with Gasteiger partial charge in [-0.1, -0.05) is 35.5 Å². The minimum Gasteiger partial charge on any atom is -0.386 e. The summed E-state index contributed by atoms with van der Waals surface area (Å²) in [6.07, 6.45) is -0.250. The molecule has 3 rings (SSSR count). The third-order valence-corrected chi connectivity index (χ3v) is 4.03. The van der Waals surface area contributed by atoms with E-state index in [0.29, 0.717) is 11.5 Å². The molecule has 0 radical (unpaired) electrons. The second-order valence-corrected chi connectivity index (χ2v) is 6.03. The highest BCUT2D eigenvalue weighted by Gasteiger charge is 2.16. The molecule has 3 aromatic rings. The summed E-state index contributed by atoms with van der Waals surface area (Å²) in [5.74, 6) is 0.540. The zero-order valence-corrected chi connectivity index (χ0v) is 13.9. The first kappa shape index (κ1) is 15.3. The van der Waals surface area contributed by atoms with Crippen LogP contribution in [0.15, 0.2) is 40.9 Å². The van der Waals surface area contributed by atoms with E-state index in [1.807, 2.05) is 49.6 Å². The zero-order valence-electron chi connectivity index (χ0n) is 13.0. The van der Waals surface area contributed by atoms with E-state index in [0.717, 1.165) is 16.3 Å². The molecule has 2 aromatic heterocycles. The smallest absolute Gasteiger partial charge is 0.204 e. The van der Waals surface area contributed by atoms with E-state index in [1.165, 1.54) is 0 Å². The summed E-state index contributed by atoms with van der Waals surface area (Å²) in [5, 5.41) is 18.8. The average molecular weight is 328 g/mol. The third-order valence-electron chi connectivity index (χ3n) is 3.23. The van der Waals surface area contributed by atoms with Gasteiger partial charge in [-0.3, -0.25) is 0 Å². The molecule has 2 heterocycles. The Labute approximate surface area is 137 Å². The van der Waals surface area contributed by atoms with E-state index in [9.17, 15) is 0 Å². The molecule has 23 heavy (non-hydrogen) atoms. The van der Waals surface area contributed by atoms with Crippen LogP contribution in [-0.4, -0.2) is 30.9 Å². The standard InChI is InChI=1S/C15H16N6OS/c1-10(13-9-23-11(2)16-13)22-18-14(12-7-5-4-6-8-12)15-17-19-20-21(15)3/h4-10H,1-3H3. The van der Waals surface area contributed by atoms with Crippen molar-refractivity contribution in [2.45, 2.75) is 20.0 Å². The fraction of sp³-hybridized carbons (Fsp3) is 0.267. The van der Waals surface area contributed by atoms with E-state index >= 15 is 0 Å². The van der Waals surface area contributed by atoms with E-state index in [4.69, 9.17) is 4.84 Å². The normalized spacial score (nSPS) is 13.1. The SMILES string of the molecule is Cc1nc(C(C)ON=C(c2ccccc2)c2nnnn2C)cs1. The summed E-state index contributed by atoms with van der Waals surface area (Å²) in [5.41, 5.74) is 2.32. The second-order valence-electron chi connectivity index (χ2n) is 4.97. The van der Waals surface area contributed by atoms with Gasteiger partial charge in [-0.15, -0.1) is 16.4 Å². The predicted molar refractivity (Wildman–Crippen MR) is 87.2 cm³/mol. The number of nitrogens with zero attached hydrogens (tertiary/aromatic N) is 6. The minimum absolute atomic E-state index is 0.250. The Morgan fingerprint density at radius 1 is 1.30 bits per heavy atom. The maximum absolute atomic E-state index is 5.66. The average Bonchev–Trinajstić information content (AvgIpc) is 3.18. The Balaban J connectivity index is 1.91. The van der Waals surface area contributed by atoms with Crippen LogP contribution >= 0.6 is 11.3 Å². The fourth-order valence-corrected chi connectivity index (χ4v) is 2.70. The lowest BCUT2D eigenvalue weighted by Crippen LogP contribution is -2.12. The molecular weight excluding hydrogens is 312 g/mol. The Hall–Kier alpha value is -2.61. The van der Waals surface area contributed by atoms with Crippen molar-refractivity contribution in [2.75, 3.05) is 0 Å². The maximum Gasteiger partial charge on any atom is 0.204 e. The number of tetrazole rings is 1. The molecule has 1 unspecified atom stereocenters. The molecule has 0 aliphatic carbocycles. The number of aromatic nitrogens is 5. The van der Waals surface area contributed by atoms with Crippen LogP contribution < -0.4 is 0 Å². The quantitative estimate of drug-likeness (QED) is 0.531. The molecule has 1 aromatic carbocycles. The molecule has 0 N–H and O–H groups in total. The zero-order chi connectivity index (χ0) is 16.2. The number of oxime groups is 1. The van der Waals surface area contributed by atoms with Crippen molar-refractivity contribution in [3.05, 3.63) is 57.8 Å². The minimum atomic E-state index is -0.250. The lowest BCUT2D eigenvalue weighted by atomic mass is 10.1. The molecular formula is C15H16N6OS. The van der Waals surface area contributed by atoms with Crippen LogP contribution in [0.1, 0.15) is 35.1 Å². The third kappa shape index (κ3) is 3.42. The lowest BCUT2D eigenvalue weighted by Gasteiger charge is -2.09. The van der Waals surface area contributed by atoms with Crippen molar-refractivity contribution in [2.24, 2.45) is 12.2 Å². The van der Waals surface area contributed by atoms with Gasteiger partial charge < -0.3 is 4.84 Å². The van der Waals surface area contributed by atoms with Crippen molar-refractivity contribution in [3.63, 3.8) is 0 Å². The monoisotopic (exact) mass is 328 g/mol.